The van der Waals surface area contributed by atoms with Crippen LogP contribution in [0, 0.1) is 0 Å². The lowest BCUT2D eigenvalue weighted by atomic mass is 10.1. The van der Waals surface area contributed by atoms with E-state index in [1.807, 2.05) is 28.5 Å². The monoisotopic (exact) mass is 221 g/mol. The Morgan fingerprint density at radius 3 is 3.13 bits per heavy atom. The number of thiophene rings is 1. The van der Waals surface area contributed by atoms with Gasteiger partial charge in [-0.25, -0.2) is 0 Å². The van der Waals surface area contributed by atoms with Crippen molar-refractivity contribution in [2.45, 2.75) is 25.9 Å². The first-order valence-electron chi connectivity index (χ1n) is 5.12. The molecule has 0 fully saturated rings. The zero-order valence-corrected chi connectivity index (χ0v) is 9.57. The van der Waals surface area contributed by atoms with Gasteiger partial charge >= 0.3 is 0 Å². The first-order valence-corrected chi connectivity index (χ1v) is 6.00. The van der Waals surface area contributed by atoms with Crippen molar-refractivity contribution in [2.75, 3.05) is 0 Å². The number of nitrogens with two attached hydrogens (primary N) is 1. The first-order chi connectivity index (χ1) is 7.31. The van der Waals surface area contributed by atoms with E-state index >= 15 is 0 Å². The van der Waals surface area contributed by atoms with Gasteiger partial charge in [0.05, 0.1) is 12.2 Å². The summed E-state index contributed by atoms with van der Waals surface area (Å²) in [5.41, 5.74) is 7.22. The predicted molar refractivity (Wildman–Crippen MR) is 62.9 cm³/mol. The van der Waals surface area contributed by atoms with Crippen LogP contribution in [0.25, 0.3) is 0 Å². The Kier molecular flexibility index (Phi) is 3.18. The molecule has 2 aromatic rings. The van der Waals surface area contributed by atoms with E-state index in [2.05, 4.69) is 18.1 Å². The van der Waals surface area contributed by atoms with Crippen LogP contribution in [-0.2, 0) is 6.54 Å². The Hall–Kier alpha value is -1.13. The largest absolute Gasteiger partial charge is 0.320 e. The van der Waals surface area contributed by atoms with Crippen molar-refractivity contribution in [3.8, 4) is 0 Å². The van der Waals surface area contributed by atoms with Gasteiger partial charge in [-0.3, -0.25) is 4.68 Å². The molecule has 0 amide bonds. The molecular weight excluding hydrogens is 206 g/mol. The number of nitrogens with zero attached hydrogens (tertiary/aromatic N) is 2. The molecule has 3 nitrogen and oxygen atoms in total. The van der Waals surface area contributed by atoms with Crippen LogP contribution >= 0.6 is 11.3 Å². The van der Waals surface area contributed by atoms with Crippen molar-refractivity contribution < 1.29 is 0 Å². The van der Waals surface area contributed by atoms with Gasteiger partial charge in [0, 0.05) is 23.2 Å². The van der Waals surface area contributed by atoms with E-state index in [0.717, 1.165) is 18.5 Å². The summed E-state index contributed by atoms with van der Waals surface area (Å²) in [5.74, 6) is 0. The van der Waals surface area contributed by atoms with Crippen LogP contribution in [0.2, 0.25) is 0 Å². The average Bonchev–Trinajstić information content (AvgIpc) is 2.87. The van der Waals surface area contributed by atoms with Gasteiger partial charge < -0.3 is 5.73 Å². The highest BCUT2D eigenvalue weighted by Gasteiger charge is 2.11. The van der Waals surface area contributed by atoms with Crippen LogP contribution in [0.3, 0.4) is 0 Å². The molecule has 0 aliphatic heterocycles. The molecule has 0 aliphatic carbocycles. The minimum atomic E-state index is -0.0318. The van der Waals surface area contributed by atoms with Crippen LogP contribution in [0.4, 0.5) is 0 Å². The third kappa shape index (κ3) is 2.27. The first kappa shape index (κ1) is 10.4. The number of aryl methyl sites for hydroxylation is 1. The molecule has 2 heterocycles. The summed E-state index contributed by atoms with van der Waals surface area (Å²) >= 11 is 1.69. The SMILES string of the molecule is CCCn1cc(C(N)c2cccs2)cn1. The summed E-state index contributed by atoms with van der Waals surface area (Å²) in [5, 5.41) is 6.33. The van der Waals surface area contributed by atoms with E-state index in [0.29, 0.717) is 0 Å². The fraction of sp³-hybridized carbons (Fsp3) is 0.364. The molecule has 1 unspecified atom stereocenters. The maximum absolute atomic E-state index is 6.13. The fourth-order valence-corrected chi connectivity index (χ4v) is 2.28. The van der Waals surface area contributed by atoms with Crippen LogP contribution < -0.4 is 5.73 Å². The topological polar surface area (TPSA) is 43.8 Å². The van der Waals surface area contributed by atoms with Crippen molar-refractivity contribution >= 4 is 11.3 Å². The lowest BCUT2D eigenvalue weighted by molar-refractivity contribution is 0.602. The number of hydrogen-bond acceptors (Lipinski definition) is 3. The van der Waals surface area contributed by atoms with E-state index in [-0.39, 0.29) is 6.04 Å². The van der Waals surface area contributed by atoms with E-state index in [1.54, 1.807) is 11.3 Å². The molecule has 1 atom stereocenters. The zero-order valence-electron chi connectivity index (χ0n) is 8.76. The molecule has 2 rings (SSSR count). The smallest absolute Gasteiger partial charge is 0.0677 e. The van der Waals surface area contributed by atoms with Crippen molar-refractivity contribution in [3.63, 3.8) is 0 Å². The quantitative estimate of drug-likeness (QED) is 0.861. The second-order valence-electron chi connectivity index (χ2n) is 3.53. The second kappa shape index (κ2) is 4.59. The highest BCUT2D eigenvalue weighted by molar-refractivity contribution is 7.10. The highest BCUT2D eigenvalue weighted by atomic mass is 32.1. The summed E-state index contributed by atoms with van der Waals surface area (Å²) in [6, 6.07) is 4.05. The minimum Gasteiger partial charge on any atom is -0.320 e. The van der Waals surface area contributed by atoms with E-state index in [1.165, 1.54) is 4.88 Å². The summed E-state index contributed by atoms with van der Waals surface area (Å²) in [7, 11) is 0. The van der Waals surface area contributed by atoms with Gasteiger partial charge in [-0.15, -0.1) is 11.3 Å². The van der Waals surface area contributed by atoms with Crippen LogP contribution in [-0.4, -0.2) is 9.78 Å². The molecule has 80 valence electrons. The normalized spacial score (nSPS) is 12.9. The summed E-state index contributed by atoms with van der Waals surface area (Å²) in [6.07, 6.45) is 4.99. The van der Waals surface area contributed by atoms with Gasteiger partial charge in [0.1, 0.15) is 0 Å². The number of aromatic nitrogens is 2. The van der Waals surface area contributed by atoms with Crippen molar-refractivity contribution in [1.82, 2.24) is 9.78 Å². The van der Waals surface area contributed by atoms with Gasteiger partial charge in [0.25, 0.3) is 0 Å². The third-order valence-electron chi connectivity index (χ3n) is 2.31. The van der Waals surface area contributed by atoms with E-state index in [9.17, 15) is 0 Å². The molecule has 0 aliphatic rings. The highest BCUT2D eigenvalue weighted by Crippen LogP contribution is 2.22. The summed E-state index contributed by atoms with van der Waals surface area (Å²) < 4.78 is 1.95. The zero-order chi connectivity index (χ0) is 10.7. The maximum Gasteiger partial charge on any atom is 0.0677 e. The summed E-state index contributed by atoms with van der Waals surface area (Å²) in [4.78, 5) is 1.19. The molecule has 0 saturated heterocycles. The van der Waals surface area contributed by atoms with Crippen molar-refractivity contribution in [2.24, 2.45) is 5.73 Å². The lowest BCUT2D eigenvalue weighted by Crippen LogP contribution is -2.09. The van der Waals surface area contributed by atoms with E-state index < -0.39 is 0 Å². The predicted octanol–water partition coefficient (Wildman–Crippen LogP) is 2.40. The molecule has 0 radical (unpaired) electrons. The van der Waals surface area contributed by atoms with Crippen LogP contribution in [0.15, 0.2) is 29.9 Å². The molecule has 2 aromatic heterocycles. The fourth-order valence-electron chi connectivity index (χ4n) is 1.52. The van der Waals surface area contributed by atoms with Gasteiger partial charge in [-0.2, -0.15) is 5.10 Å². The van der Waals surface area contributed by atoms with Gasteiger partial charge in [-0.1, -0.05) is 13.0 Å². The molecule has 4 heteroatoms. The number of rotatable bonds is 4. The van der Waals surface area contributed by atoms with E-state index in [4.69, 9.17) is 5.73 Å². The molecular formula is C11H15N3S. The Labute approximate surface area is 93.5 Å². The Balaban J connectivity index is 2.15. The Morgan fingerprint density at radius 1 is 1.60 bits per heavy atom. The van der Waals surface area contributed by atoms with Crippen molar-refractivity contribution in [3.05, 3.63) is 40.3 Å². The Morgan fingerprint density at radius 2 is 2.47 bits per heavy atom. The molecule has 0 aromatic carbocycles. The third-order valence-corrected chi connectivity index (χ3v) is 3.27. The minimum absolute atomic E-state index is 0.0318. The van der Waals surface area contributed by atoms with Crippen LogP contribution in [0.5, 0.6) is 0 Å². The maximum atomic E-state index is 6.13. The number of hydrogen-bond donors (Lipinski definition) is 1. The standard InChI is InChI=1S/C11H15N3S/c1-2-5-14-8-9(7-13-14)11(12)10-4-3-6-15-10/h3-4,6-8,11H,2,5,12H2,1H3. The summed E-state index contributed by atoms with van der Waals surface area (Å²) in [6.45, 7) is 3.09. The lowest BCUT2D eigenvalue weighted by Gasteiger charge is -2.05. The van der Waals surface area contributed by atoms with Gasteiger partial charge in [0.2, 0.25) is 0 Å². The van der Waals surface area contributed by atoms with Gasteiger partial charge in [0.15, 0.2) is 0 Å². The molecule has 0 bridgehead atoms. The Bertz CT molecular complexity index is 405. The average molecular weight is 221 g/mol. The molecule has 0 spiro atoms. The molecule has 15 heavy (non-hydrogen) atoms. The molecule has 0 saturated carbocycles. The van der Waals surface area contributed by atoms with Crippen LogP contribution in [0.1, 0.15) is 29.8 Å². The second-order valence-corrected chi connectivity index (χ2v) is 4.51. The molecule has 2 N–H and O–H groups in total. The van der Waals surface area contributed by atoms with Gasteiger partial charge in [-0.05, 0) is 17.9 Å². The van der Waals surface area contributed by atoms with Crippen molar-refractivity contribution in [1.29, 1.82) is 0 Å².